The topological polar surface area (TPSA) is 55.6 Å². The number of rotatable bonds is 3. The molecule has 0 aliphatic heterocycles. The Morgan fingerprint density at radius 2 is 1.95 bits per heavy atom. The van der Waals surface area contributed by atoms with E-state index in [1.165, 1.54) is 11.3 Å². The second kappa shape index (κ2) is 5.22. The van der Waals surface area contributed by atoms with Crippen LogP contribution in [-0.2, 0) is 7.05 Å². The summed E-state index contributed by atoms with van der Waals surface area (Å²) >= 11 is 7.68. The Morgan fingerprint density at radius 3 is 2.60 bits per heavy atom. The zero-order valence-electron chi connectivity index (χ0n) is 11.0. The number of anilines is 2. The van der Waals surface area contributed by atoms with Crippen molar-refractivity contribution >= 4 is 33.8 Å². The van der Waals surface area contributed by atoms with E-state index in [0.29, 0.717) is 20.9 Å². The normalized spacial score (nSPS) is 10.8. The maximum absolute atomic E-state index is 6.25. The average molecular weight is 306 g/mol. The van der Waals surface area contributed by atoms with Gasteiger partial charge < -0.3 is 5.32 Å². The summed E-state index contributed by atoms with van der Waals surface area (Å²) in [6.45, 7) is 1.92. The Bertz CT molecular complexity index is 735. The molecule has 0 radical (unpaired) electrons. The Hall–Kier alpha value is -1.92. The van der Waals surface area contributed by atoms with Crippen LogP contribution in [0.3, 0.4) is 0 Å². The van der Waals surface area contributed by atoms with Crippen molar-refractivity contribution in [1.29, 1.82) is 0 Å². The average Bonchev–Trinajstić information content (AvgIpc) is 3.01. The molecule has 102 valence electrons. The molecule has 7 heteroatoms. The lowest BCUT2D eigenvalue weighted by atomic mass is 10.3. The number of para-hydroxylation sites is 1. The molecule has 2 aromatic heterocycles. The van der Waals surface area contributed by atoms with Gasteiger partial charge in [0.25, 0.3) is 0 Å². The van der Waals surface area contributed by atoms with Crippen LogP contribution in [0.2, 0.25) is 5.02 Å². The van der Waals surface area contributed by atoms with Crippen LogP contribution in [0.4, 0.5) is 10.8 Å². The van der Waals surface area contributed by atoms with Crippen molar-refractivity contribution in [2.45, 2.75) is 6.92 Å². The van der Waals surface area contributed by atoms with Gasteiger partial charge in [0.1, 0.15) is 5.69 Å². The fourth-order valence-corrected chi connectivity index (χ4v) is 2.79. The molecule has 0 atom stereocenters. The zero-order valence-corrected chi connectivity index (χ0v) is 12.5. The van der Waals surface area contributed by atoms with Crippen LogP contribution in [0.15, 0.2) is 30.3 Å². The Kier molecular flexibility index (Phi) is 3.42. The SMILES string of the molecule is Cc1c(Cl)c(-c2nnc(Nc3ccccc3)s2)nn1C. The molecule has 3 rings (SSSR count). The van der Waals surface area contributed by atoms with Crippen molar-refractivity contribution in [3.8, 4) is 10.7 Å². The molecule has 0 amide bonds. The molecular formula is C13H12ClN5S. The van der Waals surface area contributed by atoms with Gasteiger partial charge in [-0.15, -0.1) is 10.2 Å². The van der Waals surface area contributed by atoms with Gasteiger partial charge in [0.05, 0.1) is 10.7 Å². The first-order valence-electron chi connectivity index (χ1n) is 6.00. The van der Waals surface area contributed by atoms with E-state index in [2.05, 4.69) is 20.6 Å². The van der Waals surface area contributed by atoms with E-state index in [-0.39, 0.29) is 0 Å². The number of hydrogen-bond donors (Lipinski definition) is 1. The first-order chi connectivity index (χ1) is 9.65. The van der Waals surface area contributed by atoms with Crippen LogP contribution in [0.25, 0.3) is 10.7 Å². The summed E-state index contributed by atoms with van der Waals surface area (Å²) in [5.74, 6) is 0. The Labute approximate surface area is 125 Å². The number of nitrogens with zero attached hydrogens (tertiary/aromatic N) is 4. The van der Waals surface area contributed by atoms with Gasteiger partial charge >= 0.3 is 0 Å². The van der Waals surface area contributed by atoms with Crippen molar-refractivity contribution in [3.05, 3.63) is 41.0 Å². The van der Waals surface area contributed by atoms with Crippen molar-refractivity contribution < 1.29 is 0 Å². The standard InChI is InChI=1S/C13H12ClN5S/c1-8-10(14)11(18-19(8)2)12-16-17-13(20-12)15-9-6-4-3-5-7-9/h3-7H,1-2H3,(H,15,17). The highest BCUT2D eigenvalue weighted by Gasteiger charge is 2.17. The molecule has 0 saturated heterocycles. The summed E-state index contributed by atoms with van der Waals surface area (Å²) in [5, 5.41) is 17.9. The third-order valence-electron chi connectivity index (χ3n) is 2.91. The quantitative estimate of drug-likeness (QED) is 0.802. The van der Waals surface area contributed by atoms with E-state index in [1.807, 2.05) is 44.3 Å². The van der Waals surface area contributed by atoms with Crippen LogP contribution in [0.5, 0.6) is 0 Å². The molecule has 0 spiro atoms. The van der Waals surface area contributed by atoms with Gasteiger partial charge in [-0.05, 0) is 19.1 Å². The van der Waals surface area contributed by atoms with Crippen LogP contribution < -0.4 is 5.32 Å². The number of aryl methyl sites for hydroxylation is 1. The minimum absolute atomic E-state index is 0.620. The molecule has 0 fully saturated rings. The van der Waals surface area contributed by atoms with Gasteiger partial charge in [0.15, 0.2) is 5.01 Å². The fourth-order valence-electron chi connectivity index (χ4n) is 1.73. The predicted molar refractivity (Wildman–Crippen MR) is 81.6 cm³/mol. The molecule has 20 heavy (non-hydrogen) atoms. The molecule has 5 nitrogen and oxygen atoms in total. The number of halogens is 1. The smallest absolute Gasteiger partial charge is 0.210 e. The monoisotopic (exact) mass is 305 g/mol. The van der Waals surface area contributed by atoms with Crippen LogP contribution in [0.1, 0.15) is 5.69 Å². The maximum atomic E-state index is 6.25. The summed E-state index contributed by atoms with van der Waals surface area (Å²) in [4.78, 5) is 0. The molecule has 0 aliphatic rings. The first-order valence-corrected chi connectivity index (χ1v) is 7.19. The van der Waals surface area contributed by atoms with Gasteiger partial charge in [-0.25, -0.2) is 0 Å². The summed E-state index contributed by atoms with van der Waals surface area (Å²) in [7, 11) is 1.86. The molecule has 1 N–H and O–H groups in total. The largest absolute Gasteiger partial charge is 0.330 e. The number of hydrogen-bond acceptors (Lipinski definition) is 5. The summed E-state index contributed by atoms with van der Waals surface area (Å²) in [6, 6.07) is 9.83. The minimum Gasteiger partial charge on any atom is -0.330 e. The van der Waals surface area contributed by atoms with E-state index < -0.39 is 0 Å². The van der Waals surface area contributed by atoms with E-state index in [0.717, 1.165) is 11.4 Å². The van der Waals surface area contributed by atoms with Gasteiger partial charge in [0, 0.05) is 12.7 Å². The van der Waals surface area contributed by atoms with Crippen LogP contribution >= 0.6 is 22.9 Å². The van der Waals surface area contributed by atoms with E-state index in [4.69, 9.17) is 11.6 Å². The molecule has 0 bridgehead atoms. The minimum atomic E-state index is 0.620. The molecule has 0 aliphatic carbocycles. The van der Waals surface area contributed by atoms with Gasteiger partial charge in [-0.2, -0.15) is 5.10 Å². The van der Waals surface area contributed by atoms with E-state index >= 15 is 0 Å². The molecular weight excluding hydrogens is 294 g/mol. The Morgan fingerprint density at radius 1 is 1.20 bits per heavy atom. The molecule has 3 aromatic rings. The zero-order chi connectivity index (χ0) is 14.1. The molecule has 2 heterocycles. The number of aromatic nitrogens is 4. The number of nitrogens with one attached hydrogen (secondary N) is 1. The van der Waals surface area contributed by atoms with Crippen LogP contribution in [-0.4, -0.2) is 20.0 Å². The third kappa shape index (κ3) is 2.39. The number of benzene rings is 1. The summed E-state index contributed by atoms with van der Waals surface area (Å²) < 4.78 is 1.74. The highest BCUT2D eigenvalue weighted by atomic mass is 35.5. The highest BCUT2D eigenvalue weighted by molar-refractivity contribution is 7.18. The van der Waals surface area contributed by atoms with Gasteiger partial charge in [-0.3, -0.25) is 4.68 Å². The molecule has 0 saturated carbocycles. The third-order valence-corrected chi connectivity index (χ3v) is 4.21. The van der Waals surface area contributed by atoms with Gasteiger partial charge in [-0.1, -0.05) is 41.1 Å². The maximum Gasteiger partial charge on any atom is 0.210 e. The van der Waals surface area contributed by atoms with Crippen molar-refractivity contribution in [1.82, 2.24) is 20.0 Å². The highest BCUT2D eigenvalue weighted by Crippen LogP contribution is 2.33. The first kappa shape index (κ1) is 13.1. The molecule has 1 aromatic carbocycles. The fraction of sp³-hybridized carbons (Fsp3) is 0.154. The van der Waals surface area contributed by atoms with E-state index in [9.17, 15) is 0 Å². The predicted octanol–water partition coefficient (Wildman–Crippen LogP) is 3.64. The van der Waals surface area contributed by atoms with Crippen molar-refractivity contribution in [2.24, 2.45) is 7.05 Å². The lowest BCUT2D eigenvalue weighted by Crippen LogP contribution is -1.92. The van der Waals surface area contributed by atoms with Crippen molar-refractivity contribution in [3.63, 3.8) is 0 Å². The van der Waals surface area contributed by atoms with Crippen LogP contribution in [0, 0.1) is 6.92 Å². The second-order valence-corrected chi connectivity index (χ2v) is 5.63. The van der Waals surface area contributed by atoms with E-state index in [1.54, 1.807) is 4.68 Å². The second-order valence-electron chi connectivity index (χ2n) is 4.27. The summed E-state index contributed by atoms with van der Waals surface area (Å²) in [6.07, 6.45) is 0. The Balaban J connectivity index is 1.88. The van der Waals surface area contributed by atoms with Gasteiger partial charge in [0.2, 0.25) is 5.13 Å². The molecule has 0 unspecified atom stereocenters. The van der Waals surface area contributed by atoms with Crippen molar-refractivity contribution in [2.75, 3.05) is 5.32 Å². The lowest BCUT2D eigenvalue weighted by Gasteiger charge is -1.99. The summed E-state index contributed by atoms with van der Waals surface area (Å²) in [5.41, 5.74) is 2.55. The lowest BCUT2D eigenvalue weighted by molar-refractivity contribution is 0.742.